The standard InChI is InChI=1S/C26H21ClN2O5/c1-29-24(26(32)34-15-22(30)28-17-12-13-21(33-2)20(27)14-17)23(16-8-4-3-5-9-16)18-10-6-7-11-19(18)25(29)31/h3-14H,15H2,1-2H3,(H,28,30). The molecule has 1 amide bonds. The van der Waals surface area contributed by atoms with Gasteiger partial charge in [-0.1, -0.05) is 60.1 Å². The van der Waals surface area contributed by atoms with E-state index in [9.17, 15) is 14.4 Å². The molecule has 4 rings (SSSR count). The van der Waals surface area contributed by atoms with Crippen LogP contribution in [0.4, 0.5) is 5.69 Å². The van der Waals surface area contributed by atoms with Gasteiger partial charge in [0.1, 0.15) is 11.4 Å². The second kappa shape index (κ2) is 9.80. The van der Waals surface area contributed by atoms with Gasteiger partial charge in [0.25, 0.3) is 11.5 Å². The van der Waals surface area contributed by atoms with Crippen LogP contribution in [0.25, 0.3) is 21.9 Å². The molecule has 34 heavy (non-hydrogen) atoms. The van der Waals surface area contributed by atoms with E-state index in [-0.39, 0.29) is 11.3 Å². The number of rotatable bonds is 6. The fourth-order valence-corrected chi connectivity index (χ4v) is 4.00. The molecule has 0 aliphatic rings. The zero-order valence-corrected chi connectivity index (χ0v) is 19.3. The van der Waals surface area contributed by atoms with Crippen LogP contribution >= 0.6 is 11.6 Å². The molecule has 0 saturated carbocycles. The first-order valence-corrected chi connectivity index (χ1v) is 10.8. The quantitative estimate of drug-likeness (QED) is 0.409. The average Bonchev–Trinajstić information content (AvgIpc) is 2.85. The Morgan fingerprint density at radius 1 is 0.971 bits per heavy atom. The molecule has 0 fully saturated rings. The summed E-state index contributed by atoms with van der Waals surface area (Å²) in [7, 11) is 3.00. The molecule has 3 aromatic carbocycles. The summed E-state index contributed by atoms with van der Waals surface area (Å²) in [5, 5.41) is 4.05. The number of ether oxygens (including phenoxy) is 2. The fraction of sp³-hybridized carbons (Fsp3) is 0.115. The van der Waals surface area contributed by atoms with Crippen molar-refractivity contribution in [1.82, 2.24) is 4.57 Å². The van der Waals surface area contributed by atoms with E-state index in [4.69, 9.17) is 21.1 Å². The van der Waals surface area contributed by atoms with Gasteiger partial charge in [-0.05, 0) is 35.2 Å². The van der Waals surface area contributed by atoms with Gasteiger partial charge in [0, 0.05) is 23.7 Å². The Hall–Kier alpha value is -4.10. The Labute approximate surface area is 200 Å². The summed E-state index contributed by atoms with van der Waals surface area (Å²) in [5.74, 6) is -0.870. The Morgan fingerprint density at radius 3 is 2.32 bits per heavy atom. The van der Waals surface area contributed by atoms with Crippen LogP contribution in [0.5, 0.6) is 5.75 Å². The summed E-state index contributed by atoms with van der Waals surface area (Å²) in [6.45, 7) is -0.544. The normalized spacial score (nSPS) is 10.7. The van der Waals surface area contributed by atoms with Gasteiger partial charge in [-0.15, -0.1) is 0 Å². The summed E-state index contributed by atoms with van der Waals surface area (Å²) in [5.41, 5.74) is 1.47. The van der Waals surface area contributed by atoms with Crippen molar-refractivity contribution in [2.75, 3.05) is 19.0 Å². The molecule has 0 spiro atoms. The lowest BCUT2D eigenvalue weighted by atomic mass is 9.97. The first-order valence-electron chi connectivity index (χ1n) is 10.4. The second-order valence-corrected chi connectivity index (χ2v) is 7.88. The summed E-state index contributed by atoms with van der Waals surface area (Å²) >= 11 is 6.08. The molecule has 0 atom stereocenters. The number of benzene rings is 3. The van der Waals surface area contributed by atoms with Crippen molar-refractivity contribution >= 4 is 39.9 Å². The lowest BCUT2D eigenvalue weighted by molar-refractivity contribution is -0.119. The Kier molecular flexibility index (Phi) is 6.65. The highest BCUT2D eigenvalue weighted by Crippen LogP contribution is 2.31. The number of amides is 1. The Morgan fingerprint density at radius 2 is 1.65 bits per heavy atom. The number of methoxy groups -OCH3 is 1. The highest BCUT2D eigenvalue weighted by atomic mass is 35.5. The third-order valence-corrected chi connectivity index (χ3v) is 5.62. The predicted molar refractivity (Wildman–Crippen MR) is 132 cm³/mol. The number of carbonyl (C=O) groups is 2. The molecule has 0 radical (unpaired) electrons. The van der Waals surface area contributed by atoms with E-state index in [0.29, 0.717) is 32.8 Å². The number of hydrogen-bond donors (Lipinski definition) is 1. The van der Waals surface area contributed by atoms with Gasteiger partial charge < -0.3 is 19.4 Å². The van der Waals surface area contributed by atoms with Gasteiger partial charge >= 0.3 is 5.97 Å². The molecule has 0 unspecified atom stereocenters. The molecule has 172 valence electrons. The molecular weight excluding hydrogens is 456 g/mol. The van der Waals surface area contributed by atoms with Gasteiger partial charge in [-0.2, -0.15) is 0 Å². The fourth-order valence-electron chi connectivity index (χ4n) is 3.74. The maximum Gasteiger partial charge on any atom is 0.356 e. The van der Waals surface area contributed by atoms with Gasteiger partial charge in [-0.25, -0.2) is 4.79 Å². The van der Waals surface area contributed by atoms with E-state index >= 15 is 0 Å². The van der Waals surface area contributed by atoms with Crippen LogP contribution < -0.4 is 15.6 Å². The largest absolute Gasteiger partial charge is 0.495 e. The number of hydrogen-bond acceptors (Lipinski definition) is 5. The topological polar surface area (TPSA) is 86.6 Å². The highest BCUT2D eigenvalue weighted by Gasteiger charge is 2.23. The first-order chi connectivity index (χ1) is 16.4. The Bertz CT molecular complexity index is 1450. The van der Waals surface area contributed by atoms with Crippen LogP contribution in [0.15, 0.2) is 77.6 Å². The minimum Gasteiger partial charge on any atom is -0.495 e. The van der Waals surface area contributed by atoms with Crippen molar-refractivity contribution in [3.63, 3.8) is 0 Å². The van der Waals surface area contributed by atoms with Gasteiger partial charge in [0.15, 0.2) is 6.61 Å². The number of aromatic nitrogens is 1. The average molecular weight is 477 g/mol. The van der Waals surface area contributed by atoms with Gasteiger partial charge in [0.2, 0.25) is 0 Å². The highest BCUT2D eigenvalue weighted by molar-refractivity contribution is 6.32. The number of carbonyl (C=O) groups excluding carboxylic acids is 2. The Balaban J connectivity index is 1.64. The van der Waals surface area contributed by atoms with Crippen molar-refractivity contribution in [2.24, 2.45) is 7.05 Å². The molecule has 1 heterocycles. The molecule has 1 aromatic heterocycles. The van der Waals surface area contributed by atoms with Crippen molar-refractivity contribution in [2.45, 2.75) is 0 Å². The van der Waals surface area contributed by atoms with E-state index in [0.717, 1.165) is 5.56 Å². The maximum absolute atomic E-state index is 13.2. The number of anilines is 1. The molecule has 0 bridgehead atoms. The predicted octanol–water partition coefficient (Wildman–Crippen LogP) is 4.66. The molecule has 0 aliphatic heterocycles. The second-order valence-electron chi connectivity index (χ2n) is 7.47. The van der Waals surface area contributed by atoms with Crippen LogP contribution in [0.3, 0.4) is 0 Å². The number of esters is 1. The number of pyridine rings is 1. The monoisotopic (exact) mass is 476 g/mol. The van der Waals surface area contributed by atoms with Crippen molar-refractivity contribution in [3.8, 4) is 16.9 Å². The SMILES string of the molecule is COc1ccc(NC(=O)COC(=O)c2c(-c3ccccc3)c3ccccc3c(=O)n2C)cc1Cl. The number of nitrogens with zero attached hydrogens (tertiary/aromatic N) is 1. The minimum atomic E-state index is -0.785. The first kappa shape index (κ1) is 23.1. The summed E-state index contributed by atoms with van der Waals surface area (Å²) < 4.78 is 11.7. The van der Waals surface area contributed by atoms with Gasteiger partial charge in [-0.3, -0.25) is 9.59 Å². The van der Waals surface area contributed by atoms with Crippen molar-refractivity contribution in [1.29, 1.82) is 0 Å². The molecule has 4 aromatic rings. The van der Waals surface area contributed by atoms with Crippen LogP contribution in [-0.2, 0) is 16.6 Å². The number of halogens is 1. The van der Waals surface area contributed by atoms with E-state index in [1.54, 1.807) is 36.4 Å². The van der Waals surface area contributed by atoms with E-state index in [2.05, 4.69) is 5.32 Å². The summed E-state index contributed by atoms with van der Waals surface area (Å²) in [4.78, 5) is 38.5. The molecule has 8 heteroatoms. The van der Waals surface area contributed by atoms with E-state index < -0.39 is 18.5 Å². The van der Waals surface area contributed by atoms with Crippen LogP contribution in [-0.4, -0.2) is 30.2 Å². The lowest BCUT2D eigenvalue weighted by Gasteiger charge is -2.16. The smallest absolute Gasteiger partial charge is 0.356 e. The summed E-state index contributed by atoms with van der Waals surface area (Å²) in [6.07, 6.45) is 0. The zero-order chi connectivity index (χ0) is 24.2. The molecule has 0 aliphatic carbocycles. The third kappa shape index (κ3) is 4.51. The minimum absolute atomic E-state index is 0.0650. The maximum atomic E-state index is 13.2. The molecule has 0 saturated heterocycles. The van der Waals surface area contributed by atoms with Crippen molar-refractivity contribution in [3.05, 3.63) is 93.9 Å². The zero-order valence-electron chi connectivity index (χ0n) is 18.5. The number of nitrogens with one attached hydrogen (secondary N) is 1. The van der Waals surface area contributed by atoms with E-state index in [1.165, 1.54) is 24.8 Å². The van der Waals surface area contributed by atoms with Crippen LogP contribution in [0.1, 0.15) is 10.5 Å². The molecule has 1 N–H and O–H groups in total. The van der Waals surface area contributed by atoms with Crippen molar-refractivity contribution < 1.29 is 19.1 Å². The van der Waals surface area contributed by atoms with Gasteiger partial charge in [0.05, 0.1) is 12.1 Å². The lowest BCUT2D eigenvalue weighted by Crippen LogP contribution is -2.28. The number of fused-ring (bicyclic) bond motifs is 1. The van der Waals surface area contributed by atoms with Crippen LogP contribution in [0, 0.1) is 0 Å². The molecular formula is C26H21ClN2O5. The summed E-state index contributed by atoms with van der Waals surface area (Å²) in [6, 6.07) is 21.1. The third-order valence-electron chi connectivity index (χ3n) is 5.33. The molecule has 7 nitrogen and oxygen atoms in total. The van der Waals surface area contributed by atoms with Crippen LogP contribution in [0.2, 0.25) is 5.02 Å². The van der Waals surface area contributed by atoms with E-state index in [1.807, 2.05) is 30.3 Å².